The van der Waals surface area contributed by atoms with Gasteiger partial charge in [0.15, 0.2) is 0 Å². The van der Waals surface area contributed by atoms with Crippen LogP contribution < -0.4 is 4.90 Å². The summed E-state index contributed by atoms with van der Waals surface area (Å²) in [5.74, 6) is 1.76. The summed E-state index contributed by atoms with van der Waals surface area (Å²) in [4.78, 5) is 16.9. The van der Waals surface area contributed by atoms with Gasteiger partial charge in [0.2, 0.25) is 5.95 Å². The molecule has 5 heteroatoms. The maximum Gasteiger partial charge on any atom is 0.225 e. The van der Waals surface area contributed by atoms with Crippen molar-refractivity contribution in [3.05, 3.63) is 18.0 Å². The molecule has 3 rings (SSSR count). The van der Waals surface area contributed by atoms with Crippen molar-refractivity contribution in [1.82, 2.24) is 19.8 Å². The van der Waals surface area contributed by atoms with Crippen LogP contribution in [0, 0.1) is 5.92 Å². The van der Waals surface area contributed by atoms with Crippen LogP contribution in [0.25, 0.3) is 0 Å². The topological polar surface area (TPSA) is 35.5 Å². The van der Waals surface area contributed by atoms with Gasteiger partial charge in [-0.3, -0.25) is 0 Å². The monoisotopic (exact) mass is 373 g/mol. The summed E-state index contributed by atoms with van der Waals surface area (Å²) < 4.78 is 0. The van der Waals surface area contributed by atoms with Crippen molar-refractivity contribution in [3.8, 4) is 0 Å². The van der Waals surface area contributed by atoms with Gasteiger partial charge in [0.25, 0.3) is 0 Å². The number of anilines is 1. The second kappa shape index (κ2) is 9.83. The first kappa shape index (κ1) is 20.5. The van der Waals surface area contributed by atoms with Crippen LogP contribution in [-0.4, -0.2) is 72.1 Å². The van der Waals surface area contributed by atoms with Crippen molar-refractivity contribution < 1.29 is 0 Å². The molecule has 0 aliphatic carbocycles. The van der Waals surface area contributed by atoms with Crippen molar-refractivity contribution in [1.29, 1.82) is 0 Å². The van der Waals surface area contributed by atoms with Gasteiger partial charge in [-0.05, 0) is 64.2 Å². The van der Waals surface area contributed by atoms with Crippen molar-refractivity contribution in [2.75, 3.05) is 45.2 Å². The molecule has 27 heavy (non-hydrogen) atoms. The Kier molecular flexibility index (Phi) is 7.48. The van der Waals surface area contributed by atoms with E-state index in [0.717, 1.165) is 31.4 Å². The van der Waals surface area contributed by atoms with Gasteiger partial charge < -0.3 is 14.7 Å². The van der Waals surface area contributed by atoms with Gasteiger partial charge in [-0.25, -0.2) is 9.97 Å². The second-order valence-electron chi connectivity index (χ2n) is 8.99. The molecule has 0 spiro atoms. The molecule has 152 valence electrons. The number of hydrogen-bond donors (Lipinski definition) is 0. The smallest absolute Gasteiger partial charge is 0.225 e. The van der Waals surface area contributed by atoms with E-state index in [-0.39, 0.29) is 0 Å². The number of likely N-dealkylation sites (tertiary alicyclic amines) is 1. The van der Waals surface area contributed by atoms with Gasteiger partial charge in [-0.15, -0.1) is 0 Å². The molecule has 2 bridgehead atoms. The van der Waals surface area contributed by atoms with Gasteiger partial charge in [-0.2, -0.15) is 0 Å². The van der Waals surface area contributed by atoms with E-state index in [1.807, 2.05) is 0 Å². The molecule has 2 aliphatic heterocycles. The lowest BCUT2D eigenvalue weighted by Crippen LogP contribution is -2.53. The summed E-state index contributed by atoms with van der Waals surface area (Å²) >= 11 is 0. The number of aromatic nitrogens is 2. The minimum absolute atomic E-state index is 0.604. The minimum atomic E-state index is 0.604. The van der Waals surface area contributed by atoms with Crippen LogP contribution in [0.2, 0.25) is 0 Å². The average molecular weight is 374 g/mol. The Balaban J connectivity index is 1.38. The largest absolute Gasteiger partial charge is 0.332 e. The minimum Gasteiger partial charge on any atom is -0.332 e. The van der Waals surface area contributed by atoms with Crippen LogP contribution in [0.3, 0.4) is 0 Å². The van der Waals surface area contributed by atoms with E-state index in [9.17, 15) is 0 Å². The molecule has 0 saturated carbocycles. The van der Waals surface area contributed by atoms with Crippen LogP contribution in [0.5, 0.6) is 0 Å². The Bertz CT molecular complexity index is 546. The van der Waals surface area contributed by atoms with E-state index >= 15 is 0 Å². The zero-order chi connectivity index (χ0) is 19.2. The Hall–Kier alpha value is -1.20. The fourth-order valence-electron chi connectivity index (χ4n) is 4.69. The van der Waals surface area contributed by atoms with E-state index in [1.165, 1.54) is 57.2 Å². The fraction of sp³-hybridized carbons (Fsp3) is 0.818. The van der Waals surface area contributed by atoms with Crippen LogP contribution in [0.15, 0.2) is 12.4 Å². The molecule has 1 aromatic heterocycles. The number of likely N-dealkylation sites (N-methyl/N-ethyl adjacent to an activating group) is 1. The maximum atomic E-state index is 4.73. The van der Waals surface area contributed by atoms with Crippen LogP contribution in [-0.2, 0) is 6.42 Å². The van der Waals surface area contributed by atoms with Gasteiger partial charge in [0.05, 0.1) is 0 Å². The summed E-state index contributed by atoms with van der Waals surface area (Å²) in [6.45, 7) is 9.35. The van der Waals surface area contributed by atoms with E-state index < -0.39 is 0 Å². The van der Waals surface area contributed by atoms with Crippen molar-refractivity contribution in [3.63, 3.8) is 0 Å². The molecule has 3 atom stereocenters. The zero-order valence-corrected chi connectivity index (χ0v) is 17.9. The number of nitrogens with zero attached hydrogens (tertiary/aromatic N) is 5. The molecule has 3 heterocycles. The summed E-state index contributed by atoms with van der Waals surface area (Å²) in [6.07, 6.45) is 12.9. The first-order chi connectivity index (χ1) is 13.1. The molecule has 2 fully saturated rings. The van der Waals surface area contributed by atoms with E-state index in [2.05, 4.69) is 55.0 Å². The van der Waals surface area contributed by atoms with E-state index in [1.54, 1.807) is 0 Å². The Morgan fingerprint density at radius 2 is 1.78 bits per heavy atom. The normalized spacial score (nSPS) is 24.0. The molecule has 1 aromatic rings. The Morgan fingerprint density at radius 1 is 1.11 bits per heavy atom. The first-order valence-corrected chi connectivity index (χ1v) is 11.0. The van der Waals surface area contributed by atoms with Gasteiger partial charge >= 0.3 is 0 Å². The highest BCUT2D eigenvalue weighted by molar-refractivity contribution is 5.37. The highest BCUT2D eigenvalue weighted by Gasteiger charge is 2.39. The van der Waals surface area contributed by atoms with Gasteiger partial charge in [-0.1, -0.05) is 26.7 Å². The SMILES string of the molecule is CCC(C)CN(C)CCCCCc1cnc(N2C3CCC2CN(C)C3)nc1. The maximum absolute atomic E-state index is 4.73. The third-order valence-electron chi connectivity index (χ3n) is 6.41. The van der Waals surface area contributed by atoms with Crippen molar-refractivity contribution >= 4 is 5.95 Å². The summed E-state index contributed by atoms with van der Waals surface area (Å²) in [5.41, 5.74) is 1.29. The molecule has 3 unspecified atom stereocenters. The molecule has 0 radical (unpaired) electrons. The number of rotatable bonds is 10. The second-order valence-corrected chi connectivity index (χ2v) is 8.99. The lowest BCUT2D eigenvalue weighted by atomic mass is 10.1. The van der Waals surface area contributed by atoms with E-state index in [4.69, 9.17) is 9.97 Å². The van der Waals surface area contributed by atoms with Gasteiger partial charge in [0.1, 0.15) is 0 Å². The van der Waals surface area contributed by atoms with Crippen LogP contribution >= 0.6 is 0 Å². The predicted molar refractivity (Wildman–Crippen MR) is 113 cm³/mol. The fourth-order valence-corrected chi connectivity index (χ4v) is 4.69. The quantitative estimate of drug-likeness (QED) is 0.587. The summed E-state index contributed by atoms with van der Waals surface area (Å²) in [6, 6.07) is 1.21. The highest BCUT2D eigenvalue weighted by Crippen LogP contribution is 2.32. The lowest BCUT2D eigenvalue weighted by molar-refractivity contribution is 0.262. The number of piperazine rings is 1. The van der Waals surface area contributed by atoms with Crippen molar-refractivity contribution in [2.24, 2.45) is 5.92 Å². The van der Waals surface area contributed by atoms with E-state index in [0.29, 0.717) is 12.1 Å². The highest BCUT2D eigenvalue weighted by atomic mass is 15.4. The number of hydrogen-bond acceptors (Lipinski definition) is 5. The lowest BCUT2D eigenvalue weighted by Gasteiger charge is -2.39. The standard InChI is InChI=1S/C22H39N5/c1-5-18(2)15-25(3)12-8-6-7-9-19-13-23-22(24-14-19)27-20-10-11-21(27)17-26(4)16-20/h13-14,18,20-21H,5-12,15-17H2,1-4H3. The van der Waals surface area contributed by atoms with Crippen LogP contribution in [0.1, 0.15) is 57.9 Å². The first-order valence-electron chi connectivity index (χ1n) is 11.0. The molecule has 2 aliphatic rings. The Labute approximate surface area is 166 Å². The molecular weight excluding hydrogens is 334 g/mol. The molecule has 0 amide bonds. The zero-order valence-electron chi connectivity index (χ0n) is 17.9. The van der Waals surface area contributed by atoms with Gasteiger partial charge in [0, 0.05) is 44.1 Å². The molecular formula is C22H39N5. The Morgan fingerprint density at radius 3 is 2.41 bits per heavy atom. The average Bonchev–Trinajstić information content (AvgIpc) is 2.93. The van der Waals surface area contributed by atoms with Crippen molar-refractivity contribution in [2.45, 2.75) is 70.9 Å². The van der Waals surface area contributed by atoms with Crippen LogP contribution in [0.4, 0.5) is 5.95 Å². The number of aryl methyl sites for hydroxylation is 1. The third kappa shape index (κ3) is 5.64. The number of unbranched alkanes of at least 4 members (excludes halogenated alkanes) is 2. The molecule has 0 N–H and O–H groups in total. The molecule has 0 aromatic carbocycles. The molecule has 2 saturated heterocycles. The predicted octanol–water partition coefficient (Wildman–Crippen LogP) is 3.45. The summed E-state index contributed by atoms with van der Waals surface area (Å²) in [7, 11) is 4.49. The third-order valence-corrected chi connectivity index (χ3v) is 6.41. The number of fused-ring (bicyclic) bond motifs is 2. The molecule has 5 nitrogen and oxygen atoms in total. The summed E-state index contributed by atoms with van der Waals surface area (Å²) in [5, 5.41) is 0.